The van der Waals surface area contributed by atoms with Gasteiger partial charge in [-0.15, -0.1) is 11.3 Å². The lowest BCUT2D eigenvalue weighted by atomic mass is 10.2. The highest BCUT2D eigenvalue weighted by atomic mass is 32.1. The molecule has 2 N–H and O–H groups in total. The van der Waals surface area contributed by atoms with E-state index in [1.165, 1.54) is 24.2 Å². The van der Waals surface area contributed by atoms with Crippen molar-refractivity contribution in [1.29, 1.82) is 0 Å². The molecule has 1 heterocycles. The lowest BCUT2D eigenvalue weighted by Crippen LogP contribution is -2.15. The van der Waals surface area contributed by atoms with E-state index in [4.69, 9.17) is 5.11 Å². The summed E-state index contributed by atoms with van der Waals surface area (Å²) in [4.78, 5) is 16.0. The second kappa shape index (κ2) is 4.38. The number of hydrogen-bond donors (Lipinski definition) is 2. The maximum absolute atomic E-state index is 11.1. The molecule has 0 radical (unpaired) electrons. The number of aromatic nitrogens is 1. The molecule has 0 aromatic carbocycles. The van der Waals surface area contributed by atoms with Gasteiger partial charge < -0.3 is 10.4 Å². The summed E-state index contributed by atoms with van der Waals surface area (Å²) in [5.41, 5.74) is 0.825. The summed E-state index contributed by atoms with van der Waals surface area (Å²) in [6, 6.07) is 0. The molecule has 17 heavy (non-hydrogen) atoms. The lowest BCUT2D eigenvalue weighted by molar-refractivity contribution is 0.0700. The van der Waals surface area contributed by atoms with Crippen LogP contribution in [-0.4, -0.2) is 22.6 Å². The van der Waals surface area contributed by atoms with E-state index in [2.05, 4.69) is 10.3 Å². The number of carboxylic acid groups (broad SMARTS) is 1. The Kier molecular flexibility index (Phi) is 2.88. The van der Waals surface area contributed by atoms with E-state index in [1.807, 2.05) is 0 Å². The van der Waals surface area contributed by atoms with Crippen molar-refractivity contribution in [3.05, 3.63) is 15.6 Å². The van der Waals surface area contributed by atoms with Crippen LogP contribution in [0.25, 0.3) is 0 Å². The molecule has 0 spiro atoms. The summed E-state index contributed by atoms with van der Waals surface area (Å²) in [7, 11) is 0. The molecular weight excluding hydrogens is 236 g/mol. The molecule has 3 rings (SSSR count). The first-order valence-corrected chi connectivity index (χ1v) is 6.99. The summed E-state index contributed by atoms with van der Waals surface area (Å²) in [6.45, 7) is 1.76. The zero-order valence-corrected chi connectivity index (χ0v) is 10.4. The van der Waals surface area contributed by atoms with Gasteiger partial charge in [0, 0.05) is 12.5 Å². The summed E-state index contributed by atoms with van der Waals surface area (Å²) in [5.74, 6) is 0.434. The fourth-order valence-electron chi connectivity index (χ4n) is 1.95. The molecule has 0 unspecified atom stereocenters. The number of nitrogens with zero attached hydrogens (tertiary/aromatic N) is 1. The van der Waals surface area contributed by atoms with Gasteiger partial charge in [-0.2, -0.15) is 0 Å². The van der Waals surface area contributed by atoms with Crippen molar-refractivity contribution in [1.82, 2.24) is 10.3 Å². The number of carbonyl (C=O) groups is 1. The summed E-state index contributed by atoms with van der Waals surface area (Å²) >= 11 is 1.33. The smallest absolute Gasteiger partial charge is 0.347 e. The predicted molar refractivity (Wildman–Crippen MR) is 65.5 cm³/mol. The zero-order chi connectivity index (χ0) is 11.8. The molecule has 2 fully saturated rings. The Morgan fingerprint density at radius 3 is 2.76 bits per heavy atom. The third kappa shape index (κ3) is 2.66. The van der Waals surface area contributed by atoms with Crippen LogP contribution in [0, 0.1) is 5.92 Å². The quantitative estimate of drug-likeness (QED) is 0.815. The SMILES string of the molecule is O=C(O)c1sc(CNCC2CC2)nc1C1CC1. The first-order valence-electron chi connectivity index (χ1n) is 6.17. The largest absolute Gasteiger partial charge is 0.477 e. The van der Waals surface area contributed by atoms with Crippen molar-refractivity contribution in [3.8, 4) is 0 Å². The number of thiazole rings is 1. The normalized spacial score (nSPS) is 19.5. The molecule has 0 aliphatic heterocycles. The van der Waals surface area contributed by atoms with Crippen molar-refractivity contribution in [2.24, 2.45) is 5.92 Å². The fraction of sp³-hybridized carbons (Fsp3) is 0.667. The van der Waals surface area contributed by atoms with Gasteiger partial charge in [0.1, 0.15) is 9.88 Å². The van der Waals surface area contributed by atoms with E-state index in [0.29, 0.717) is 17.3 Å². The van der Waals surface area contributed by atoms with Gasteiger partial charge in [-0.25, -0.2) is 9.78 Å². The monoisotopic (exact) mass is 252 g/mol. The van der Waals surface area contributed by atoms with Crippen molar-refractivity contribution < 1.29 is 9.90 Å². The van der Waals surface area contributed by atoms with Crippen LogP contribution in [0.4, 0.5) is 0 Å². The Morgan fingerprint density at radius 1 is 1.41 bits per heavy atom. The molecule has 2 aliphatic carbocycles. The highest BCUT2D eigenvalue weighted by Gasteiger charge is 2.32. The number of nitrogens with one attached hydrogen (secondary N) is 1. The maximum atomic E-state index is 11.1. The van der Waals surface area contributed by atoms with E-state index >= 15 is 0 Å². The molecule has 0 bridgehead atoms. The molecule has 2 aliphatic rings. The van der Waals surface area contributed by atoms with Gasteiger partial charge in [-0.05, 0) is 38.1 Å². The molecule has 1 aromatic heterocycles. The second-order valence-corrected chi connectivity index (χ2v) is 6.06. The summed E-state index contributed by atoms with van der Waals surface area (Å²) in [6.07, 6.45) is 4.86. The van der Waals surface area contributed by atoms with Crippen molar-refractivity contribution in [2.75, 3.05) is 6.54 Å². The topological polar surface area (TPSA) is 62.2 Å². The van der Waals surface area contributed by atoms with Crippen molar-refractivity contribution in [2.45, 2.75) is 38.1 Å². The second-order valence-electron chi connectivity index (χ2n) is 4.98. The van der Waals surface area contributed by atoms with Crippen LogP contribution in [0.5, 0.6) is 0 Å². The molecule has 5 heteroatoms. The molecule has 0 saturated heterocycles. The predicted octanol–water partition coefficient (Wildman–Crippen LogP) is 2.22. The van der Waals surface area contributed by atoms with E-state index in [9.17, 15) is 4.79 Å². The van der Waals surface area contributed by atoms with Gasteiger partial charge in [0.25, 0.3) is 0 Å². The number of carboxylic acids is 1. The molecule has 0 atom stereocenters. The van der Waals surface area contributed by atoms with Gasteiger partial charge in [0.15, 0.2) is 0 Å². The van der Waals surface area contributed by atoms with Gasteiger partial charge in [0.05, 0.1) is 5.69 Å². The van der Waals surface area contributed by atoms with Crippen molar-refractivity contribution in [3.63, 3.8) is 0 Å². The van der Waals surface area contributed by atoms with Crippen LogP contribution in [0.15, 0.2) is 0 Å². The van der Waals surface area contributed by atoms with Gasteiger partial charge in [0.2, 0.25) is 0 Å². The minimum absolute atomic E-state index is 0.412. The average Bonchev–Trinajstić information content (AvgIpc) is 3.18. The van der Waals surface area contributed by atoms with E-state index in [-0.39, 0.29) is 0 Å². The lowest BCUT2D eigenvalue weighted by Gasteiger charge is -1.98. The Morgan fingerprint density at radius 2 is 2.18 bits per heavy atom. The Labute approximate surface area is 104 Å². The molecule has 4 nitrogen and oxygen atoms in total. The zero-order valence-electron chi connectivity index (χ0n) is 9.61. The van der Waals surface area contributed by atoms with Crippen LogP contribution in [0.1, 0.15) is 52.0 Å². The van der Waals surface area contributed by atoms with Crippen LogP contribution in [0.2, 0.25) is 0 Å². The molecule has 0 amide bonds. The highest BCUT2D eigenvalue weighted by molar-refractivity contribution is 7.13. The Bertz CT molecular complexity index is 436. The van der Waals surface area contributed by atoms with Crippen molar-refractivity contribution >= 4 is 17.3 Å². The van der Waals surface area contributed by atoms with Gasteiger partial charge in [-0.1, -0.05) is 0 Å². The number of hydrogen-bond acceptors (Lipinski definition) is 4. The van der Waals surface area contributed by atoms with E-state index in [1.54, 1.807) is 0 Å². The number of rotatable bonds is 6. The third-order valence-electron chi connectivity index (χ3n) is 3.26. The minimum Gasteiger partial charge on any atom is -0.477 e. The summed E-state index contributed by atoms with van der Waals surface area (Å²) < 4.78 is 0. The first kappa shape index (κ1) is 11.2. The standard InChI is InChI=1S/C12H16N2O2S/c15-12(16)11-10(8-3-4-8)14-9(17-11)6-13-5-7-1-2-7/h7-8,13H,1-6H2,(H,15,16). The molecule has 1 aromatic rings. The summed E-state index contributed by atoms with van der Waals surface area (Å²) in [5, 5.41) is 13.4. The fourth-order valence-corrected chi connectivity index (χ4v) is 2.90. The van der Waals surface area contributed by atoms with Crippen LogP contribution < -0.4 is 5.32 Å². The maximum Gasteiger partial charge on any atom is 0.347 e. The highest BCUT2D eigenvalue weighted by Crippen LogP contribution is 2.42. The third-order valence-corrected chi connectivity index (χ3v) is 4.32. The molecule has 2 saturated carbocycles. The minimum atomic E-state index is -0.821. The molecule has 92 valence electrons. The van der Waals surface area contributed by atoms with Crippen LogP contribution >= 0.6 is 11.3 Å². The average molecular weight is 252 g/mol. The Hall–Kier alpha value is -0.940. The first-order chi connectivity index (χ1) is 8.24. The number of aromatic carboxylic acids is 1. The van der Waals surface area contributed by atoms with Crippen LogP contribution in [-0.2, 0) is 6.54 Å². The molecular formula is C12H16N2O2S. The van der Waals surface area contributed by atoms with E-state index < -0.39 is 5.97 Å². The van der Waals surface area contributed by atoms with Gasteiger partial charge >= 0.3 is 5.97 Å². The van der Waals surface area contributed by atoms with Crippen LogP contribution in [0.3, 0.4) is 0 Å². The van der Waals surface area contributed by atoms with Gasteiger partial charge in [-0.3, -0.25) is 0 Å². The van der Waals surface area contributed by atoms with E-state index in [0.717, 1.165) is 36.0 Å². The Balaban J connectivity index is 1.66.